The zero-order valence-corrected chi connectivity index (χ0v) is 18.6. The van der Waals surface area contributed by atoms with Crippen molar-refractivity contribution in [2.75, 3.05) is 11.9 Å². The number of nitrogens with one attached hydrogen (secondary N) is 2. The van der Waals surface area contributed by atoms with Gasteiger partial charge in [-0.1, -0.05) is 0 Å². The number of aromatic nitrogens is 3. The Labute approximate surface area is 194 Å². The summed E-state index contributed by atoms with van der Waals surface area (Å²) >= 11 is 0. The summed E-state index contributed by atoms with van der Waals surface area (Å²) in [6.45, 7) is 1.67. The van der Waals surface area contributed by atoms with Gasteiger partial charge in [0, 0.05) is 49.4 Å². The van der Waals surface area contributed by atoms with Crippen molar-refractivity contribution >= 4 is 22.6 Å². The average molecular weight is 474 g/mol. The summed E-state index contributed by atoms with van der Waals surface area (Å²) in [6.07, 6.45) is 2.96. The average Bonchev–Trinajstić information content (AvgIpc) is 3.33. The lowest BCUT2D eigenvalue weighted by molar-refractivity contribution is -0.133. The summed E-state index contributed by atoms with van der Waals surface area (Å²) in [5.41, 5.74) is 0.634. The van der Waals surface area contributed by atoms with Crippen LogP contribution in [0.4, 0.5) is 23.8 Å². The van der Waals surface area contributed by atoms with Gasteiger partial charge in [0.15, 0.2) is 11.7 Å². The normalized spacial score (nSPS) is 22.4. The lowest BCUT2D eigenvalue weighted by Gasteiger charge is -2.39. The number of nitrogens with zero attached hydrogens (tertiary/aromatic N) is 4. The third-order valence-electron chi connectivity index (χ3n) is 6.52. The zero-order chi connectivity index (χ0) is 23.9. The van der Waals surface area contributed by atoms with Gasteiger partial charge in [-0.3, -0.25) is 10.3 Å². The van der Waals surface area contributed by atoms with E-state index in [1.54, 1.807) is 31.6 Å². The lowest BCUT2D eigenvalue weighted by atomic mass is 9.97. The minimum atomic E-state index is -4.16. The third-order valence-corrected chi connectivity index (χ3v) is 6.52. The van der Waals surface area contributed by atoms with Gasteiger partial charge < -0.3 is 14.6 Å². The largest absolute Gasteiger partial charge is 0.439 e. The molecule has 0 saturated carbocycles. The maximum atomic E-state index is 13.1. The van der Waals surface area contributed by atoms with E-state index in [2.05, 4.69) is 25.6 Å². The second kappa shape index (κ2) is 8.86. The van der Waals surface area contributed by atoms with Crippen LogP contribution in [0.15, 0.2) is 35.1 Å². The summed E-state index contributed by atoms with van der Waals surface area (Å²) in [4.78, 5) is 27.7. The molecule has 5 rings (SSSR count). The standard InChI is InChI=1S/C23H25F3N6O2/c1-13-28-12-20(34-13)19-6-14-7-21(30-11-15(14)10-29-19)31-22(33)32-17-2-3-18(32)9-16(8-17)27-5-4-23(24,25)26/h6-7,10-12,16-18,27H,2-5,8-9H2,1H3,(H,30,31,33)/t16-,17-,18+. The summed E-state index contributed by atoms with van der Waals surface area (Å²) in [6, 6.07) is 3.42. The Kier molecular flexibility index (Phi) is 5.88. The number of carbonyl (C=O) groups is 1. The number of hydrogen-bond donors (Lipinski definition) is 2. The highest BCUT2D eigenvalue weighted by molar-refractivity contribution is 5.92. The number of pyridine rings is 2. The van der Waals surface area contributed by atoms with E-state index in [0.29, 0.717) is 36.0 Å². The molecular weight excluding hydrogens is 449 g/mol. The van der Waals surface area contributed by atoms with Gasteiger partial charge in [-0.05, 0) is 43.2 Å². The molecule has 2 fully saturated rings. The number of urea groups is 1. The number of carbonyl (C=O) groups excluding carboxylic acids is 1. The molecule has 180 valence electrons. The van der Waals surface area contributed by atoms with E-state index < -0.39 is 12.6 Å². The van der Waals surface area contributed by atoms with E-state index in [1.165, 1.54) is 0 Å². The number of oxazole rings is 1. The van der Waals surface area contributed by atoms with Crippen molar-refractivity contribution in [3.05, 3.63) is 36.6 Å². The van der Waals surface area contributed by atoms with Gasteiger partial charge in [0.05, 0.1) is 12.6 Å². The number of fused-ring (bicyclic) bond motifs is 3. The van der Waals surface area contributed by atoms with Crippen LogP contribution in [0.2, 0.25) is 0 Å². The van der Waals surface area contributed by atoms with E-state index in [4.69, 9.17) is 4.42 Å². The van der Waals surface area contributed by atoms with Gasteiger partial charge in [-0.15, -0.1) is 0 Å². The molecule has 0 aliphatic carbocycles. The van der Waals surface area contributed by atoms with Gasteiger partial charge in [0.2, 0.25) is 0 Å². The fourth-order valence-corrected chi connectivity index (χ4v) is 4.99. The third kappa shape index (κ3) is 4.84. The number of amides is 2. The second-order valence-corrected chi connectivity index (χ2v) is 8.94. The van der Waals surface area contributed by atoms with Crippen LogP contribution < -0.4 is 10.6 Å². The lowest BCUT2D eigenvalue weighted by Crippen LogP contribution is -2.53. The highest BCUT2D eigenvalue weighted by Gasteiger charge is 2.43. The quantitative estimate of drug-likeness (QED) is 0.558. The number of rotatable bonds is 5. The Morgan fingerprint density at radius 2 is 1.82 bits per heavy atom. The van der Waals surface area contributed by atoms with Crippen molar-refractivity contribution in [3.63, 3.8) is 0 Å². The molecule has 34 heavy (non-hydrogen) atoms. The monoisotopic (exact) mass is 474 g/mol. The van der Waals surface area contributed by atoms with Crippen molar-refractivity contribution in [2.24, 2.45) is 0 Å². The molecule has 0 spiro atoms. The van der Waals surface area contributed by atoms with Crippen molar-refractivity contribution in [1.82, 2.24) is 25.2 Å². The fraction of sp³-hybridized carbons (Fsp3) is 0.478. The molecule has 2 saturated heterocycles. The Morgan fingerprint density at radius 3 is 2.50 bits per heavy atom. The summed E-state index contributed by atoms with van der Waals surface area (Å²) < 4.78 is 42.9. The molecule has 0 unspecified atom stereocenters. The molecule has 2 amide bonds. The maximum Gasteiger partial charge on any atom is 0.390 e. The van der Waals surface area contributed by atoms with Crippen LogP contribution in [0.1, 0.15) is 38.0 Å². The highest BCUT2D eigenvalue weighted by Crippen LogP contribution is 2.36. The first-order chi connectivity index (χ1) is 16.2. The number of anilines is 1. The Balaban J connectivity index is 1.25. The smallest absolute Gasteiger partial charge is 0.390 e. The molecule has 2 N–H and O–H groups in total. The van der Waals surface area contributed by atoms with Gasteiger partial charge >= 0.3 is 12.2 Å². The molecule has 0 aromatic carbocycles. The van der Waals surface area contributed by atoms with Crippen LogP contribution >= 0.6 is 0 Å². The molecule has 11 heteroatoms. The molecule has 3 aromatic rings. The molecule has 0 radical (unpaired) electrons. The van der Waals surface area contributed by atoms with Crippen molar-refractivity contribution < 1.29 is 22.4 Å². The fourth-order valence-electron chi connectivity index (χ4n) is 4.99. The Bertz CT molecular complexity index is 1180. The Hall–Kier alpha value is -3.21. The molecule has 3 atom stereocenters. The van der Waals surface area contributed by atoms with Gasteiger partial charge in [-0.2, -0.15) is 13.2 Å². The SMILES string of the molecule is Cc1ncc(-c2cc3cc(NC(=O)N4[C@@H]5CC[C@H]4C[C@H](NCCC(F)(F)F)C5)ncc3cn2)o1. The topological polar surface area (TPSA) is 96.2 Å². The second-order valence-electron chi connectivity index (χ2n) is 8.94. The van der Waals surface area contributed by atoms with E-state index in [9.17, 15) is 18.0 Å². The number of halogens is 3. The van der Waals surface area contributed by atoms with E-state index in [-0.39, 0.29) is 30.7 Å². The predicted molar refractivity (Wildman–Crippen MR) is 119 cm³/mol. The first-order valence-corrected chi connectivity index (χ1v) is 11.3. The summed E-state index contributed by atoms with van der Waals surface area (Å²) in [7, 11) is 0. The van der Waals surface area contributed by atoms with Crippen LogP contribution in [0.3, 0.4) is 0 Å². The maximum absolute atomic E-state index is 13.1. The number of hydrogen-bond acceptors (Lipinski definition) is 6. The molecule has 2 bridgehead atoms. The Morgan fingerprint density at radius 1 is 1.09 bits per heavy atom. The molecule has 8 nitrogen and oxygen atoms in total. The molecule has 3 aromatic heterocycles. The molecular formula is C23H25F3N6O2. The minimum absolute atomic E-state index is 0.00616. The molecule has 2 aliphatic heterocycles. The predicted octanol–water partition coefficient (Wildman–Crippen LogP) is 4.66. The van der Waals surface area contributed by atoms with Crippen LogP contribution in [-0.2, 0) is 0 Å². The van der Waals surface area contributed by atoms with Crippen molar-refractivity contribution in [1.29, 1.82) is 0 Å². The summed E-state index contributed by atoms with van der Waals surface area (Å²) in [5.74, 6) is 1.53. The van der Waals surface area contributed by atoms with Crippen molar-refractivity contribution in [3.8, 4) is 11.5 Å². The van der Waals surface area contributed by atoms with Gasteiger partial charge in [0.25, 0.3) is 0 Å². The number of alkyl halides is 3. The molecule has 2 aliphatic rings. The molecule has 5 heterocycles. The van der Waals surface area contributed by atoms with Crippen LogP contribution in [0.25, 0.3) is 22.2 Å². The van der Waals surface area contributed by atoms with Crippen LogP contribution in [-0.4, -0.2) is 56.7 Å². The van der Waals surface area contributed by atoms with Crippen LogP contribution in [0.5, 0.6) is 0 Å². The first-order valence-electron chi connectivity index (χ1n) is 11.3. The summed E-state index contributed by atoms with van der Waals surface area (Å²) in [5, 5.41) is 7.59. The van der Waals surface area contributed by atoms with Crippen molar-refractivity contribution in [2.45, 2.75) is 63.3 Å². The zero-order valence-electron chi connectivity index (χ0n) is 18.6. The number of piperidine rings is 1. The van der Waals surface area contributed by atoms with Gasteiger partial charge in [-0.25, -0.2) is 14.8 Å². The highest BCUT2D eigenvalue weighted by atomic mass is 19.4. The first kappa shape index (κ1) is 22.6. The number of aryl methyl sites for hydroxylation is 1. The van der Waals surface area contributed by atoms with Crippen LogP contribution in [0, 0.1) is 6.92 Å². The minimum Gasteiger partial charge on any atom is -0.439 e. The van der Waals surface area contributed by atoms with E-state index >= 15 is 0 Å². The van der Waals surface area contributed by atoms with E-state index in [0.717, 1.165) is 23.6 Å². The van der Waals surface area contributed by atoms with Gasteiger partial charge in [0.1, 0.15) is 11.5 Å². The van der Waals surface area contributed by atoms with E-state index in [1.807, 2.05) is 11.0 Å².